The van der Waals surface area contributed by atoms with E-state index in [2.05, 4.69) is 21.0 Å². The molecule has 0 bridgehead atoms. The van der Waals surface area contributed by atoms with E-state index in [0.29, 0.717) is 22.3 Å². The van der Waals surface area contributed by atoms with E-state index in [1.54, 1.807) is 41.0 Å². The molecule has 0 unspecified atom stereocenters. The van der Waals surface area contributed by atoms with Crippen molar-refractivity contribution in [3.63, 3.8) is 0 Å². The van der Waals surface area contributed by atoms with Crippen molar-refractivity contribution >= 4 is 21.8 Å². The van der Waals surface area contributed by atoms with Crippen LogP contribution in [0.3, 0.4) is 0 Å². The highest BCUT2D eigenvalue weighted by molar-refractivity contribution is 9.10. The molecule has 0 spiro atoms. The van der Waals surface area contributed by atoms with Gasteiger partial charge in [0.25, 0.3) is 5.91 Å². The van der Waals surface area contributed by atoms with Crippen molar-refractivity contribution in [1.29, 1.82) is 0 Å². The number of carbonyl (C=O) groups is 1. The van der Waals surface area contributed by atoms with Crippen molar-refractivity contribution in [3.05, 3.63) is 52.0 Å². The number of benzene rings is 1. The Bertz CT molecular complexity index is 666. The molecule has 1 aromatic carbocycles. The van der Waals surface area contributed by atoms with Gasteiger partial charge in [-0.05, 0) is 34.8 Å². The minimum Gasteiger partial charge on any atom is -0.330 e. The molecule has 1 atom stereocenters. The number of nitrogens with zero attached hydrogens (tertiary/aromatic N) is 3. The predicted molar refractivity (Wildman–Crippen MR) is 80.3 cm³/mol. The second-order valence-electron chi connectivity index (χ2n) is 5.14. The fourth-order valence-corrected chi connectivity index (χ4v) is 3.38. The van der Waals surface area contributed by atoms with Crippen LogP contribution in [-0.4, -0.2) is 27.1 Å². The Balaban J connectivity index is 1.95. The van der Waals surface area contributed by atoms with Gasteiger partial charge in [0, 0.05) is 19.2 Å². The van der Waals surface area contributed by atoms with Crippen LogP contribution in [-0.2, 0) is 7.05 Å². The lowest BCUT2D eigenvalue weighted by Gasteiger charge is -2.25. The molecule has 6 heteroatoms. The molecule has 1 aromatic heterocycles. The molecule has 1 fully saturated rings. The van der Waals surface area contributed by atoms with Crippen molar-refractivity contribution in [3.8, 4) is 0 Å². The zero-order chi connectivity index (χ0) is 15.0. The van der Waals surface area contributed by atoms with Gasteiger partial charge in [-0.1, -0.05) is 18.2 Å². The molecular formula is C15H15BrFN3O. The third kappa shape index (κ3) is 2.48. The van der Waals surface area contributed by atoms with Gasteiger partial charge in [0.2, 0.25) is 0 Å². The van der Waals surface area contributed by atoms with Crippen molar-refractivity contribution < 1.29 is 9.18 Å². The van der Waals surface area contributed by atoms with E-state index in [0.717, 1.165) is 12.8 Å². The smallest absolute Gasteiger partial charge is 0.273 e. The highest BCUT2D eigenvalue weighted by Crippen LogP contribution is 2.35. The summed E-state index contributed by atoms with van der Waals surface area (Å²) < 4.78 is 16.2. The van der Waals surface area contributed by atoms with Gasteiger partial charge in [0.15, 0.2) is 0 Å². The Labute approximate surface area is 130 Å². The van der Waals surface area contributed by atoms with E-state index in [-0.39, 0.29) is 17.8 Å². The van der Waals surface area contributed by atoms with E-state index >= 15 is 0 Å². The quantitative estimate of drug-likeness (QED) is 0.832. The van der Waals surface area contributed by atoms with Crippen LogP contribution in [0.4, 0.5) is 4.39 Å². The average Bonchev–Trinajstić information content (AvgIpc) is 3.06. The van der Waals surface area contributed by atoms with Crippen molar-refractivity contribution in [2.24, 2.45) is 7.05 Å². The first-order chi connectivity index (χ1) is 10.1. The summed E-state index contributed by atoms with van der Waals surface area (Å²) in [6, 6.07) is 6.46. The first-order valence-corrected chi connectivity index (χ1v) is 7.62. The van der Waals surface area contributed by atoms with Gasteiger partial charge in [0.1, 0.15) is 11.5 Å². The molecular weight excluding hydrogens is 337 g/mol. The summed E-state index contributed by atoms with van der Waals surface area (Å²) in [5.41, 5.74) is 1.08. The first-order valence-electron chi connectivity index (χ1n) is 6.82. The standard InChI is InChI=1S/C15H15BrFN3O/c1-19-14(11(16)9-18-19)15(21)20-8-4-7-13(20)10-5-2-3-6-12(10)17/h2-3,5-6,9,13H,4,7-8H2,1H3/t13-/m0/s1. The third-order valence-corrected chi connectivity index (χ3v) is 4.45. The molecule has 1 amide bonds. The SMILES string of the molecule is Cn1ncc(Br)c1C(=O)N1CCC[C@H]1c1ccccc1F. The van der Waals surface area contributed by atoms with Crippen molar-refractivity contribution in [1.82, 2.24) is 14.7 Å². The number of aromatic nitrogens is 2. The molecule has 1 aliphatic heterocycles. The summed E-state index contributed by atoms with van der Waals surface area (Å²) in [5, 5.41) is 4.07. The highest BCUT2D eigenvalue weighted by atomic mass is 79.9. The Hall–Kier alpha value is -1.69. The number of aryl methyl sites for hydroxylation is 1. The van der Waals surface area contributed by atoms with E-state index in [1.165, 1.54) is 6.07 Å². The second-order valence-corrected chi connectivity index (χ2v) is 6.00. The number of hydrogen-bond acceptors (Lipinski definition) is 2. The highest BCUT2D eigenvalue weighted by Gasteiger charge is 2.34. The van der Waals surface area contributed by atoms with E-state index in [1.807, 2.05) is 0 Å². The third-order valence-electron chi connectivity index (χ3n) is 3.87. The van der Waals surface area contributed by atoms with Crippen LogP contribution in [0, 0.1) is 5.82 Å². The Morgan fingerprint density at radius 1 is 1.43 bits per heavy atom. The minimum absolute atomic E-state index is 0.118. The van der Waals surface area contributed by atoms with Gasteiger partial charge in [0.05, 0.1) is 16.7 Å². The lowest BCUT2D eigenvalue weighted by Crippen LogP contribution is -2.32. The van der Waals surface area contributed by atoms with Gasteiger partial charge in [-0.2, -0.15) is 5.10 Å². The normalized spacial score (nSPS) is 18.2. The van der Waals surface area contributed by atoms with Crippen molar-refractivity contribution in [2.75, 3.05) is 6.54 Å². The number of hydrogen-bond donors (Lipinski definition) is 0. The van der Waals surface area contributed by atoms with Crippen LogP contribution in [0.15, 0.2) is 34.9 Å². The zero-order valence-corrected chi connectivity index (χ0v) is 13.2. The van der Waals surface area contributed by atoms with Gasteiger partial charge in [-0.25, -0.2) is 4.39 Å². The van der Waals surface area contributed by atoms with Crippen LogP contribution < -0.4 is 0 Å². The average molecular weight is 352 g/mol. The molecule has 1 saturated heterocycles. The minimum atomic E-state index is -0.258. The maximum atomic E-state index is 14.0. The number of halogens is 2. The van der Waals surface area contributed by atoms with Gasteiger partial charge in [-0.15, -0.1) is 0 Å². The first kappa shape index (κ1) is 14.3. The van der Waals surface area contributed by atoms with Gasteiger partial charge in [-0.3, -0.25) is 9.48 Å². The topological polar surface area (TPSA) is 38.1 Å². The molecule has 2 aromatic rings. The molecule has 0 radical (unpaired) electrons. The van der Waals surface area contributed by atoms with Gasteiger partial charge >= 0.3 is 0 Å². The summed E-state index contributed by atoms with van der Waals surface area (Å²) in [5.74, 6) is -0.376. The molecule has 4 nitrogen and oxygen atoms in total. The molecule has 110 valence electrons. The lowest BCUT2D eigenvalue weighted by molar-refractivity contribution is 0.0721. The fourth-order valence-electron chi connectivity index (χ4n) is 2.87. The monoisotopic (exact) mass is 351 g/mol. The summed E-state index contributed by atoms with van der Waals surface area (Å²) in [6.45, 7) is 0.634. The molecule has 0 aliphatic carbocycles. The fraction of sp³-hybridized carbons (Fsp3) is 0.333. The molecule has 2 heterocycles. The number of likely N-dealkylation sites (tertiary alicyclic amines) is 1. The molecule has 3 rings (SSSR count). The van der Waals surface area contributed by atoms with Crippen LogP contribution in [0.1, 0.15) is 34.9 Å². The summed E-state index contributed by atoms with van der Waals surface area (Å²) >= 11 is 3.35. The largest absolute Gasteiger partial charge is 0.330 e. The van der Waals surface area contributed by atoms with Crippen LogP contribution in [0.25, 0.3) is 0 Å². The molecule has 1 aliphatic rings. The van der Waals surface area contributed by atoms with E-state index in [4.69, 9.17) is 0 Å². The Kier molecular flexibility index (Phi) is 3.80. The van der Waals surface area contributed by atoms with Gasteiger partial charge < -0.3 is 4.90 Å². The zero-order valence-electron chi connectivity index (χ0n) is 11.6. The molecule has 0 N–H and O–H groups in total. The number of amides is 1. The number of rotatable bonds is 2. The second kappa shape index (κ2) is 5.60. The van der Waals surface area contributed by atoms with E-state index in [9.17, 15) is 9.18 Å². The predicted octanol–water partition coefficient (Wildman–Crippen LogP) is 3.30. The summed E-state index contributed by atoms with van der Waals surface area (Å²) in [4.78, 5) is 14.5. The van der Waals surface area contributed by atoms with E-state index < -0.39 is 0 Å². The Morgan fingerprint density at radius 2 is 2.19 bits per heavy atom. The lowest BCUT2D eigenvalue weighted by atomic mass is 10.0. The number of carbonyl (C=O) groups excluding carboxylic acids is 1. The maximum Gasteiger partial charge on any atom is 0.273 e. The van der Waals surface area contributed by atoms with Crippen molar-refractivity contribution in [2.45, 2.75) is 18.9 Å². The Morgan fingerprint density at radius 3 is 2.86 bits per heavy atom. The molecule has 21 heavy (non-hydrogen) atoms. The summed E-state index contributed by atoms with van der Waals surface area (Å²) in [6.07, 6.45) is 3.25. The van der Waals surface area contributed by atoms with Crippen LogP contribution in [0.5, 0.6) is 0 Å². The molecule has 0 saturated carbocycles. The summed E-state index contributed by atoms with van der Waals surface area (Å²) in [7, 11) is 1.73. The maximum absolute atomic E-state index is 14.0. The van der Waals surface area contributed by atoms with Crippen LogP contribution in [0.2, 0.25) is 0 Å². The van der Waals surface area contributed by atoms with Crippen LogP contribution >= 0.6 is 15.9 Å².